The minimum absolute atomic E-state index is 0.00908. The first-order valence-electron chi connectivity index (χ1n) is 10.1. The predicted octanol–water partition coefficient (Wildman–Crippen LogP) is 3.21. The Kier molecular flexibility index (Phi) is 5.88. The van der Waals surface area contributed by atoms with Gasteiger partial charge in [0.2, 0.25) is 11.8 Å². The Morgan fingerprint density at radius 1 is 1.03 bits per heavy atom. The summed E-state index contributed by atoms with van der Waals surface area (Å²) >= 11 is 0. The lowest BCUT2D eigenvalue weighted by Crippen LogP contribution is -2.42. The lowest BCUT2D eigenvalue weighted by molar-refractivity contribution is -0.126. The van der Waals surface area contributed by atoms with Gasteiger partial charge in [0.1, 0.15) is 0 Å². The Balaban J connectivity index is 1.29. The number of carbonyl (C=O) groups excluding carboxylic acids is 2. The molecular weight excluding hydrogens is 380 g/mol. The smallest absolute Gasteiger partial charge is 0.253 e. The van der Waals surface area contributed by atoms with Crippen molar-refractivity contribution in [1.82, 2.24) is 20.4 Å². The van der Waals surface area contributed by atoms with E-state index in [4.69, 9.17) is 4.52 Å². The second-order valence-electron chi connectivity index (χ2n) is 7.46. The minimum atomic E-state index is -0.112. The third-order valence-electron chi connectivity index (χ3n) is 5.38. The molecule has 7 heteroatoms. The largest absolute Gasteiger partial charge is 0.347 e. The number of aryl methyl sites for hydroxylation is 1. The highest BCUT2D eigenvalue weighted by Crippen LogP contribution is 2.22. The number of aromatic nitrogens is 2. The highest BCUT2D eigenvalue weighted by Gasteiger charge is 2.28. The Morgan fingerprint density at radius 3 is 2.33 bits per heavy atom. The van der Waals surface area contributed by atoms with Crippen LogP contribution in [0.1, 0.15) is 34.9 Å². The summed E-state index contributed by atoms with van der Waals surface area (Å²) in [5, 5.41) is 6.55. The molecule has 1 aliphatic heterocycles. The fraction of sp³-hybridized carbons (Fsp3) is 0.304. The normalized spacial score (nSPS) is 14.5. The summed E-state index contributed by atoms with van der Waals surface area (Å²) in [6, 6.07) is 17.8. The van der Waals surface area contributed by atoms with Gasteiger partial charge < -0.3 is 14.7 Å². The maximum Gasteiger partial charge on any atom is 0.253 e. The number of rotatable bonds is 5. The van der Waals surface area contributed by atoms with E-state index in [0.717, 1.165) is 11.1 Å². The van der Waals surface area contributed by atoms with Crippen molar-refractivity contribution in [1.29, 1.82) is 0 Å². The topological polar surface area (TPSA) is 88.3 Å². The second-order valence-corrected chi connectivity index (χ2v) is 7.46. The Labute approximate surface area is 175 Å². The van der Waals surface area contributed by atoms with E-state index >= 15 is 0 Å². The molecule has 0 saturated carbocycles. The summed E-state index contributed by atoms with van der Waals surface area (Å²) in [6.45, 7) is 3.09. The van der Waals surface area contributed by atoms with Gasteiger partial charge in [0.05, 0.1) is 6.54 Å². The maximum absolute atomic E-state index is 12.8. The zero-order chi connectivity index (χ0) is 20.9. The van der Waals surface area contributed by atoms with E-state index in [1.807, 2.05) is 59.5 Å². The molecule has 3 aromatic rings. The van der Waals surface area contributed by atoms with E-state index in [2.05, 4.69) is 15.5 Å². The zero-order valence-corrected chi connectivity index (χ0v) is 16.9. The van der Waals surface area contributed by atoms with Crippen molar-refractivity contribution in [2.45, 2.75) is 26.3 Å². The molecule has 0 radical (unpaired) electrons. The van der Waals surface area contributed by atoms with Crippen LogP contribution in [0.4, 0.5) is 0 Å². The highest BCUT2D eigenvalue weighted by molar-refractivity contribution is 5.95. The molecule has 1 fully saturated rings. The quantitative estimate of drug-likeness (QED) is 0.705. The summed E-state index contributed by atoms with van der Waals surface area (Å²) in [7, 11) is 0. The molecule has 1 N–H and O–H groups in total. The summed E-state index contributed by atoms with van der Waals surface area (Å²) in [4.78, 5) is 31.1. The second kappa shape index (κ2) is 8.90. The van der Waals surface area contributed by atoms with E-state index in [-0.39, 0.29) is 24.3 Å². The first-order chi connectivity index (χ1) is 14.6. The van der Waals surface area contributed by atoms with Gasteiger partial charge in [-0.05, 0) is 43.0 Å². The van der Waals surface area contributed by atoms with Gasteiger partial charge in [0.15, 0.2) is 5.82 Å². The first kappa shape index (κ1) is 19.8. The van der Waals surface area contributed by atoms with Crippen molar-refractivity contribution in [3.05, 3.63) is 71.9 Å². The van der Waals surface area contributed by atoms with Crippen LogP contribution in [0.3, 0.4) is 0 Å². The molecule has 0 bridgehead atoms. The van der Waals surface area contributed by atoms with Crippen LogP contribution in [0.2, 0.25) is 0 Å². The van der Waals surface area contributed by atoms with Crippen LogP contribution in [-0.4, -0.2) is 39.9 Å². The number of hydrogen-bond donors (Lipinski definition) is 1. The monoisotopic (exact) mass is 404 g/mol. The number of hydrogen-bond acceptors (Lipinski definition) is 5. The van der Waals surface area contributed by atoms with Gasteiger partial charge in [-0.2, -0.15) is 4.98 Å². The van der Waals surface area contributed by atoms with Crippen LogP contribution in [0.5, 0.6) is 0 Å². The van der Waals surface area contributed by atoms with Gasteiger partial charge in [-0.25, -0.2) is 0 Å². The van der Waals surface area contributed by atoms with Crippen LogP contribution in [0, 0.1) is 12.8 Å². The molecule has 30 heavy (non-hydrogen) atoms. The number of nitrogens with zero attached hydrogens (tertiary/aromatic N) is 3. The lowest BCUT2D eigenvalue weighted by Gasteiger charge is -2.31. The van der Waals surface area contributed by atoms with Crippen molar-refractivity contribution < 1.29 is 14.1 Å². The van der Waals surface area contributed by atoms with Crippen LogP contribution < -0.4 is 5.32 Å². The Morgan fingerprint density at radius 2 is 1.70 bits per heavy atom. The zero-order valence-electron chi connectivity index (χ0n) is 16.9. The summed E-state index contributed by atoms with van der Waals surface area (Å²) in [5.41, 5.74) is 2.88. The highest BCUT2D eigenvalue weighted by atomic mass is 16.5. The predicted molar refractivity (Wildman–Crippen MR) is 111 cm³/mol. The van der Waals surface area contributed by atoms with Crippen molar-refractivity contribution in [3.8, 4) is 11.1 Å². The SMILES string of the molecule is Cc1noc(CNC(=O)C2CCN(C(=O)c3ccc(-c4ccccc4)cc3)CC2)n1. The standard InChI is InChI=1S/C23H24N4O3/c1-16-25-21(30-26-16)15-24-22(28)19-11-13-27(14-12-19)23(29)20-9-7-18(8-10-20)17-5-3-2-4-6-17/h2-10,19H,11-15H2,1H3,(H,24,28). The number of carbonyl (C=O) groups is 2. The van der Waals surface area contributed by atoms with Crippen LogP contribution >= 0.6 is 0 Å². The third kappa shape index (κ3) is 4.56. The molecule has 0 unspecified atom stereocenters. The molecule has 154 valence electrons. The number of nitrogens with one attached hydrogen (secondary N) is 1. The Bertz CT molecular complexity index is 1010. The van der Waals surface area contributed by atoms with Crippen LogP contribution in [0.25, 0.3) is 11.1 Å². The van der Waals surface area contributed by atoms with Crippen LogP contribution in [0.15, 0.2) is 59.1 Å². The number of likely N-dealkylation sites (tertiary alicyclic amines) is 1. The molecule has 1 aliphatic rings. The molecular formula is C23H24N4O3. The van der Waals surface area contributed by atoms with E-state index < -0.39 is 0 Å². The van der Waals surface area contributed by atoms with E-state index in [0.29, 0.717) is 43.2 Å². The molecule has 7 nitrogen and oxygen atoms in total. The summed E-state index contributed by atoms with van der Waals surface area (Å²) in [5.74, 6) is 0.800. The average Bonchev–Trinajstić information content (AvgIpc) is 3.23. The van der Waals surface area contributed by atoms with Crippen molar-refractivity contribution >= 4 is 11.8 Å². The molecule has 0 spiro atoms. The average molecular weight is 404 g/mol. The maximum atomic E-state index is 12.8. The van der Waals surface area contributed by atoms with Crippen molar-refractivity contribution in [3.63, 3.8) is 0 Å². The minimum Gasteiger partial charge on any atom is -0.347 e. The molecule has 2 heterocycles. The van der Waals surface area contributed by atoms with E-state index in [1.54, 1.807) is 6.92 Å². The molecule has 0 aliphatic carbocycles. The van der Waals surface area contributed by atoms with Gasteiger partial charge in [-0.3, -0.25) is 9.59 Å². The fourth-order valence-electron chi connectivity index (χ4n) is 3.68. The molecule has 1 aromatic heterocycles. The summed E-state index contributed by atoms with van der Waals surface area (Å²) in [6.07, 6.45) is 1.28. The van der Waals surface area contributed by atoms with Gasteiger partial charge in [0.25, 0.3) is 5.91 Å². The molecule has 4 rings (SSSR count). The number of benzene rings is 2. The van der Waals surface area contributed by atoms with Crippen LogP contribution in [-0.2, 0) is 11.3 Å². The molecule has 1 saturated heterocycles. The first-order valence-corrected chi connectivity index (χ1v) is 10.1. The lowest BCUT2D eigenvalue weighted by atomic mass is 9.95. The van der Waals surface area contributed by atoms with Crippen molar-refractivity contribution in [2.24, 2.45) is 5.92 Å². The van der Waals surface area contributed by atoms with E-state index in [9.17, 15) is 9.59 Å². The summed E-state index contributed by atoms with van der Waals surface area (Å²) < 4.78 is 5.01. The van der Waals surface area contributed by atoms with Gasteiger partial charge in [-0.1, -0.05) is 47.6 Å². The molecule has 2 amide bonds. The van der Waals surface area contributed by atoms with Gasteiger partial charge in [0, 0.05) is 24.6 Å². The van der Waals surface area contributed by atoms with Gasteiger partial charge in [-0.15, -0.1) is 0 Å². The molecule has 2 aromatic carbocycles. The van der Waals surface area contributed by atoms with Gasteiger partial charge >= 0.3 is 0 Å². The van der Waals surface area contributed by atoms with Crippen molar-refractivity contribution in [2.75, 3.05) is 13.1 Å². The molecule has 0 atom stereocenters. The third-order valence-corrected chi connectivity index (χ3v) is 5.38. The number of piperidine rings is 1. The fourth-order valence-corrected chi connectivity index (χ4v) is 3.68. The Hall–Kier alpha value is -3.48. The van der Waals surface area contributed by atoms with E-state index in [1.165, 1.54) is 0 Å². The number of amides is 2.